The van der Waals surface area contributed by atoms with Gasteiger partial charge in [-0.25, -0.2) is 0 Å². The zero-order chi connectivity index (χ0) is 16.4. The van der Waals surface area contributed by atoms with Crippen LogP contribution in [0.5, 0.6) is 0 Å². The topological polar surface area (TPSA) is 196 Å². The number of hydrogen-bond donors (Lipinski definition) is 6. The van der Waals surface area contributed by atoms with E-state index in [1.807, 2.05) is 6.92 Å². The monoisotopic (exact) mass is 343 g/mol. The number of hydroxylamine groups is 2. The van der Waals surface area contributed by atoms with Crippen LogP contribution >= 0.6 is 0 Å². The Bertz CT molecular complexity index is 202. The number of aliphatic carboxylic acids is 3. The minimum atomic E-state index is -0.833. The first-order valence-electron chi connectivity index (χ1n) is 5.23. The van der Waals surface area contributed by atoms with Gasteiger partial charge in [0.25, 0.3) is 17.9 Å². The van der Waals surface area contributed by atoms with Crippen molar-refractivity contribution in [3.05, 3.63) is 0 Å². The van der Waals surface area contributed by atoms with Gasteiger partial charge in [-0.15, -0.1) is 0 Å². The summed E-state index contributed by atoms with van der Waals surface area (Å²) in [6.07, 6.45) is 0. The molecule has 0 aliphatic carbocycles. The molecule has 0 spiro atoms. The summed E-state index contributed by atoms with van der Waals surface area (Å²) in [5, 5.41) is 32.0. The zero-order valence-corrected chi connectivity index (χ0v) is 12.4. The molecular weight excluding hydrogens is 314 g/mol. The predicted octanol–water partition coefficient (Wildman–Crippen LogP) is -0.825. The molecule has 0 amide bonds. The molecule has 0 saturated heterocycles. The third kappa shape index (κ3) is 294. The molecule has 0 unspecified atom stereocenters. The molecule has 0 aliphatic heterocycles. The van der Waals surface area contributed by atoms with Crippen molar-refractivity contribution in [2.45, 2.75) is 27.7 Å². The van der Waals surface area contributed by atoms with E-state index in [1.54, 1.807) is 0 Å². The second kappa shape index (κ2) is 31.7. The van der Waals surface area contributed by atoms with Crippen LogP contribution in [0.4, 0.5) is 0 Å². The summed E-state index contributed by atoms with van der Waals surface area (Å²) in [5.41, 5.74) is 5.10. The van der Waals surface area contributed by atoms with Crippen LogP contribution in [0, 0.1) is 0 Å². The summed E-state index contributed by atoms with van der Waals surface area (Å²) in [5.74, 6) is -2.50. The van der Waals surface area contributed by atoms with Crippen molar-refractivity contribution in [2.75, 3.05) is 19.6 Å². The molecule has 0 heterocycles. The molecular formula is C10H29CaN3O7. The number of carboxylic acids is 3. The molecule has 11 heteroatoms. The fourth-order valence-corrected chi connectivity index (χ4v) is 0.307. The van der Waals surface area contributed by atoms with Gasteiger partial charge in [-0.2, -0.15) is 5.06 Å². The third-order valence-electron chi connectivity index (χ3n) is 0.752. The van der Waals surface area contributed by atoms with Crippen LogP contribution < -0.4 is 11.9 Å². The maximum absolute atomic E-state index is 9.00. The van der Waals surface area contributed by atoms with Gasteiger partial charge in [0.2, 0.25) is 0 Å². The SMILES string of the molecule is CC(=O)O.CC(=O)O.CC(=O)O.CCN(O)CCN.N.[CaH2]. The van der Waals surface area contributed by atoms with E-state index in [1.165, 1.54) is 5.06 Å². The normalized spacial score (nSPS) is 7.00. The fraction of sp³-hybridized carbons (Fsp3) is 0.700. The average molecular weight is 343 g/mol. The van der Waals surface area contributed by atoms with Gasteiger partial charge in [-0.1, -0.05) is 6.92 Å². The van der Waals surface area contributed by atoms with E-state index in [0.717, 1.165) is 20.8 Å². The van der Waals surface area contributed by atoms with Crippen LogP contribution in [-0.2, 0) is 14.4 Å². The van der Waals surface area contributed by atoms with E-state index in [-0.39, 0.29) is 43.9 Å². The molecule has 0 saturated carbocycles. The standard InChI is InChI=1S/C4H12N2O.3C2H4O2.Ca.H3N.2H/c1-2-6(7)4-3-5;3*1-2(3)4;;;;/h7H,2-5H2,1H3;3*1H3,(H,3,4);;1H3;;. The van der Waals surface area contributed by atoms with Gasteiger partial charge in [-0.3, -0.25) is 14.4 Å². The van der Waals surface area contributed by atoms with Crippen molar-refractivity contribution in [3.63, 3.8) is 0 Å². The number of rotatable bonds is 3. The Kier molecular flexibility index (Phi) is 56.1. The van der Waals surface area contributed by atoms with Crippen molar-refractivity contribution in [1.82, 2.24) is 11.2 Å². The Labute approximate surface area is 154 Å². The first-order chi connectivity index (χ1) is 8.50. The van der Waals surface area contributed by atoms with Gasteiger partial charge < -0.3 is 32.4 Å². The molecule has 0 aliphatic rings. The van der Waals surface area contributed by atoms with Crippen molar-refractivity contribution in [3.8, 4) is 0 Å². The molecule has 0 atom stereocenters. The maximum atomic E-state index is 9.00. The molecule has 128 valence electrons. The van der Waals surface area contributed by atoms with Gasteiger partial charge in [0, 0.05) is 40.4 Å². The van der Waals surface area contributed by atoms with Crippen LogP contribution in [0.25, 0.3) is 0 Å². The molecule has 0 radical (unpaired) electrons. The summed E-state index contributed by atoms with van der Waals surface area (Å²) in [7, 11) is 0. The zero-order valence-electron chi connectivity index (χ0n) is 12.4. The summed E-state index contributed by atoms with van der Waals surface area (Å²) in [6.45, 7) is 6.85. The summed E-state index contributed by atoms with van der Waals surface area (Å²) >= 11 is 0. The van der Waals surface area contributed by atoms with E-state index in [9.17, 15) is 0 Å². The molecule has 10 nitrogen and oxygen atoms in total. The second-order valence-electron chi connectivity index (χ2n) is 2.89. The molecule has 0 rings (SSSR count). The molecule has 0 aromatic heterocycles. The van der Waals surface area contributed by atoms with Crippen molar-refractivity contribution >= 4 is 55.6 Å². The number of carbonyl (C=O) groups is 3. The van der Waals surface area contributed by atoms with Gasteiger partial charge in [0.15, 0.2) is 0 Å². The van der Waals surface area contributed by atoms with E-state index in [2.05, 4.69) is 0 Å². The Hall–Kier alpha value is -0.490. The fourth-order valence-electron chi connectivity index (χ4n) is 0.307. The minimum absolute atomic E-state index is 0. The van der Waals surface area contributed by atoms with Crippen molar-refractivity contribution < 1.29 is 34.9 Å². The summed E-state index contributed by atoms with van der Waals surface area (Å²) < 4.78 is 0. The number of hydrogen-bond acceptors (Lipinski definition) is 7. The van der Waals surface area contributed by atoms with Crippen LogP contribution in [0.3, 0.4) is 0 Å². The van der Waals surface area contributed by atoms with Gasteiger partial charge >= 0.3 is 37.7 Å². The number of nitrogens with zero attached hydrogens (tertiary/aromatic N) is 1. The molecule has 0 aromatic carbocycles. The molecule has 9 N–H and O–H groups in total. The number of likely N-dealkylation sites (N-methyl/N-ethyl adjacent to an activating group) is 1. The van der Waals surface area contributed by atoms with Crippen LogP contribution in [-0.4, -0.2) is 101 Å². The van der Waals surface area contributed by atoms with Gasteiger partial charge in [0.1, 0.15) is 0 Å². The summed E-state index contributed by atoms with van der Waals surface area (Å²) in [6, 6.07) is 0. The van der Waals surface area contributed by atoms with Crippen LogP contribution in [0.2, 0.25) is 0 Å². The van der Waals surface area contributed by atoms with E-state index in [0.29, 0.717) is 19.6 Å². The van der Waals surface area contributed by atoms with Gasteiger partial charge in [0.05, 0.1) is 0 Å². The van der Waals surface area contributed by atoms with Gasteiger partial charge in [-0.05, 0) is 0 Å². The first kappa shape index (κ1) is 37.1. The summed E-state index contributed by atoms with van der Waals surface area (Å²) in [4.78, 5) is 27.0. The van der Waals surface area contributed by atoms with E-state index < -0.39 is 17.9 Å². The third-order valence-corrected chi connectivity index (χ3v) is 0.752. The molecule has 0 aromatic rings. The number of nitrogens with two attached hydrogens (primary N) is 1. The van der Waals surface area contributed by atoms with E-state index >= 15 is 0 Å². The Balaban J connectivity index is -0.0000000359. The predicted molar refractivity (Wildman–Crippen MR) is 81.6 cm³/mol. The Morgan fingerprint density at radius 3 is 1.19 bits per heavy atom. The Morgan fingerprint density at radius 1 is 0.952 bits per heavy atom. The number of carboxylic acid groups (broad SMARTS) is 3. The quantitative estimate of drug-likeness (QED) is 0.278. The second-order valence-corrected chi connectivity index (χ2v) is 2.89. The van der Waals surface area contributed by atoms with E-state index in [4.69, 9.17) is 40.6 Å². The average Bonchev–Trinajstić information content (AvgIpc) is 2.15. The first-order valence-corrected chi connectivity index (χ1v) is 5.23. The van der Waals surface area contributed by atoms with Crippen molar-refractivity contribution in [1.29, 1.82) is 0 Å². The Morgan fingerprint density at radius 2 is 1.14 bits per heavy atom. The molecule has 0 bridgehead atoms. The van der Waals surface area contributed by atoms with Crippen LogP contribution in [0.15, 0.2) is 0 Å². The molecule has 21 heavy (non-hydrogen) atoms. The molecule has 0 fully saturated rings. The van der Waals surface area contributed by atoms with Crippen molar-refractivity contribution in [2.24, 2.45) is 5.73 Å². The van der Waals surface area contributed by atoms with Crippen LogP contribution in [0.1, 0.15) is 27.7 Å².